The minimum Gasteiger partial charge on any atom is -0.507 e. The normalized spacial score (nSPS) is 16.7. The fraction of sp³-hybridized carbons (Fsp3) is 0.258. The number of carbonyl (C=O) groups is 3. The van der Waals surface area contributed by atoms with Crippen molar-refractivity contribution >= 4 is 46.3 Å². The molecular formula is C31H31ClN2O6. The summed E-state index contributed by atoms with van der Waals surface area (Å²) < 4.78 is 10.8. The van der Waals surface area contributed by atoms with Crippen molar-refractivity contribution in [3.8, 4) is 11.5 Å². The Bertz CT molecular complexity index is 1520. The molecule has 40 heavy (non-hydrogen) atoms. The second-order valence-electron chi connectivity index (χ2n) is 10.5. The lowest BCUT2D eigenvalue weighted by atomic mass is 9.85. The van der Waals surface area contributed by atoms with Crippen molar-refractivity contribution in [3.63, 3.8) is 0 Å². The molecule has 1 aliphatic rings. The number of rotatable bonds is 6. The Kier molecular flexibility index (Phi) is 7.93. The number of ether oxygens (including phenoxy) is 2. The minimum atomic E-state index is -0.979. The molecule has 208 valence electrons. The highest BCUT2D eigenvalue weighted by molar-refractivity contribution is 6.51. The van der Waals surface area contributed by atoms with Gasteiger partial charge in [0.1, 0.15) is 17.3 Å². The number of hydrogen-bond acceptors (Lipinski definition) is 6. The summed E-state index contributed by atoms with van der Waals surface area (Å²) in [5.74, 6) is -1.96. The van der Waals surface area contributed by atoms with Gasteiger partial charge in [0.2, 0.25) is 5.91 Å². The molecule has 1 heterocycles. The highest BCUT2D eigenvalue weighted by Crippen LogP contribution is 2.45. The monoisotopic (exact) mass is 562 g/mol. The van der Waals surface area contributed by atoms with E-state index in [0.29, 0.717) is 16.9 Å². The van der Waals surface area contributed by atoms with E-state index >= 15 is 0 Å². The molecule has 3 aromatic rings. The molecule has 9 heteroatoms. The van der Waals surface area contributed by atoms with Crippen molar-refractivity contribution < 1.29 is 29.0 Å². The number of nitrogens with zero attached hydrogens (tertiary/aromatic N) is 1. The van der Waals surface area contributed by atoms with E-state index in [4.69, 9.17) is 21.1 Å². The molecule has 8 nitrogen and oxygen atoms in total. The Labute approximate surface area is 238 Å². The van der Waals surface area contributed by atoms with Gasteiger partial charge in [0.15, 0.2) is 0 Å². The van der Waals surface area contributed by atoms with Gasteiger partial charge in [-0.2, -0.15) is 0 Å². The van der Waals surface area contributed by atoms with Gasteiger partial charge in [0, 0.05) is 24.4 Å². The predicted molar refractivity (Wildman–Crippen MR) is 155 cm³/mol. The van der Waals surface area contributed by atoms with E-state index in [-0.39, 0.29) is 39.0 Å². The van der Waals surface area contributed by atoms with Crippen LogP contribution < -0.4 is 19.7 Å². The van der Waals surface area contributed by atoms with Crippen LogP contribution in [-0.2, 0) is 19.8 Å². The summed E-state index contributed by atoms with van der Waals surface area (Å²) in [5, 5.41) is 14.6. The number of hydrogen-bond donors (Lipinski definition) is 2. The second kappa shape index (κ2) is 11.1. The highest BCUT2D eigenvalue weighted by Gasteiger charge is 2.47. The maximum absolute atomic E-state index is 13.6. The highest BCUT2D eigenvalue weighted by atomic mass is 35.5. The first-order valence-electron chi connectivity index (χ1n) is 12.6. The molecule has 3 aromatic carbocycles. The molecule has 0 spiro atoms. The number of methoxy groups -OCH3 is 2. The molecule has 1 aliphatic heterocycles. The van der Waals surface area contributed by atoms with Gasteiger partial charge in [0.25, 0.3) is 11.7 Å². The van der Waals surface area contributed by atoms with E-state index in [1.807, 2.05) is 24.3 Å². The number of aliphatic hydroxyl groups excluding tert-OH is 1. The third kappa shape index (κ3) is 5.40. The van der Waals surface area contributed by atoms with Crippen LogP contribution >= 0.6 is 11.6 Å². The Morgan fingerprint density at radius 2 is 1.62 bits per heavy atom. The molecule has 1 fully saturated rings. The molecule has 0 aromatic heterocycles. The third-order valence-corrected chi connectivity index (χ3v) is 7.01. The van der Waals surface area contributed by atoms with Crippen molar-refractivity contribution in [1.82, 2.24) is 0 Å². The number of carbonyl (C=O) groups excluding carboxylic acids is 3. The van der Waals surface area contributed by atoms with Gasteiger partial charge in [-0.3, -0.25) is 19.3 Å². The summed E-state index contributed by atoms with van der Waals surface area (Å²) in [6, 6.07) is 16.1. The van der Waals surface area contributed by atoms with Crippen molar-refractivity contribution in [1.29, 1.82) is 0 Å². The van der Waals surface area contributed by atoms with E-state index in [0.717, 1.165) is 5.56 Å². The molecule has 2 amide bonds. The molecule has 0 aliphatic carbocycles. The van der Waals surface area contributed by atoms with E-state index in [1.165, 1.54) is 38.2 Å². The largest absolute Gasteiger partial charge is 0.507 e. The van der Waals surface area contributed by atoms with Gasteiger partial charge in [-0.15, -0.1) is 0 Å². The van der Waals surface area contributed by atoms with E-state index < -0.39 is 23.5 Å². The summed E-state index contributed by atoms with van der Waals surface area (Å²) in [6.45, 7) is 7.63. The zero-order valence-corrected chi connectivity index (χ0v) is 23.9. The van der Waals surface area contributed by atoms with Gasteiger partial charge < -0.3 is 19.9 Å². The standard InChI is InChI=1S/C31H31ClN2O6/c1-17(35)33-20-8-7-9-21(14-20)34-27(18-10-12-19(13-11-18)31(2,3)4)26(29(37)30(34)38)28(36)22-15-25(40-6)23(32)16-24(22)39-5/h7-16,27,36H,1-6H3,(H,33,35)/b28-26+. The number of aliphatic hydroxyl groups is 1. The summed E-state index contributed by atoms with van der Waals surface area (Å²) in [6.07, 6.45) is 0. The molecular weight excluding hydrogens is 532 g/mol. The van der Waals surface area contributed by atoms with Crippen LogP contribution in [0.15, 0.2) is 66.2 Å². The Morgan fingerprint density at radius 3 is 2.20 bits per heavy atom. The molecule has 2 N–H and O–H groups in total. The van der Waals surface area contributed by atoms with Gasteiger partial charge in [-0.1, -0.05) is 62.7 Å². The number of anilines is 2. The fourth-order valence-electron chi connectivity index (χ4n) is 4.71. The quantitative estimate of drug-likeness (QED) is 0.209. The van der Waals surface area contributed by atoms with Crippen LogP contribution in [0.1, 0.15) is 50.4 Å². The first-order chi connectivity index (χ1) is 18.9. The lowest BCUT2D eigenvalue weighted by molar-refractivity contribution is -0.132. The van der Waals surface area contributed by atoms with Crippen LogP contribution in [0, 0.1) is 0 Å². The second-order valence-corrected chi connectivity index (χ2v) is 10.9. The molecule has 0 radical (unpaired) electrons. The maximum atomic E-state index is 13.6. The SMILES string of the molecule is COc1cc(/C(O)=C2\C(=O)C(=O)N(c3cccc(NC(C)=O)c3)C2c2ccc(C(C)(C)C)cc2)c(OC)cc1Cl. The maximum Gasteiger partial charge on any atom is 0.300 e. The van der Waals surface area contributed by atoms with Crippen molar-refractivity contribution in [2.45, 2.75) is 39.2 Å². The van der Waals surface area contributed by atoms with Gasteiger partial charge >= 0.3 is 0 Å². The Hall–Kier alpha value is -4.30. The number of halogens is 1. The topological polar surface area (TPSA) is 105 Å². The van der Waals surface area contributed by atoms with Crippen molar-refractivity contribution in [2.75, 3.05) is 24.4 Å². The van der Waals surface area contributed by atoms with Crippen LogP contribution in [0.2, 0.25) is 5.02 Å². The van der Waals surface area contributed by atoms with Gasteiger partial charge in [0.05, 0.1) is 36.4 Å². The lowest BCUT2D eigenvalue weighted by Crippen LogP contribution is -2.29. The number of Topliss-reactive ketones (excluding diaryl/α,β-unsaturated/α-hetero) is 1. The minimum absolute atomic E-state index is 0.124. The smallest absolute Gasteiger partial charge is 0.300 e. The zero-order chi connectivity index (χ0) is 29.4. The average Bonchev–Trinajstić information content (AvgIpc) is 3.17. The number of amides is 2. The van der Waals surface area contributed by atoms with Crippen LogP contribution in [0.4, 0.5) is 11.4 Å². The van der Waals surface area contributed by atoms with Gasteiger partial charge in [-0.25, -0.2) is 0 Å². The van der Waals surface area contributed by atoms with E-state index in [2.05, 4.69) is 26.1 Å². The summed E-state index contributed by atoms with van der Waals surface area (Å²) >= 11 is 6.26. The molecule has 0 saturated carbocycles. The van der Waals surface area contributed by atoms with Gasteiger partial charge in [-0.05, 0) is 40.8 Å². The first kappa shape index (κ1) is 28.7. The predicted octanol–water partition coefficient (Wildman–Crippen LogP) is 6.24. The molecule has 0 bridgehead atoms. The number of benzene rings is 3. The van der Waals surface area contributed by atoms with E-state index in [1.54, 1.807) is 24.3 Å². The summed E-state index contributed by atoms with van der Waals surface area (Å²) in [7, 11) is 2.83. The van der Waals surface area contributed by atoms with Crippen LogP contribution in [0.3, 0.4) is 0 Å². The molecule has 4 rings (SSSR count). The number of ketones is 1. The zero-order valence-electron chi connectivity index (χ0n) is 23.2. The first-order valence-corrected chi connectivity index (χ1v) is 13.0. The lowest BCUT2D eigenvalue weighted by Gasteiger charge is -2.27. The third-order valence-electron chi connectivity index (χ3n) is 6.71. The molecule has 1 atom stereocenters. The fourth-order valence-corrected chi connectivity index (χ4v) is 4.94. The van der Waals surface area contributed by atoms with Crippen LogP contribution in [-0.4, -0.2) is 36.9 Å². The number of nitrogens with one attached hydrogen (secondary N) is 1. The summed E-state index contributed by atoms with van der Waals surface area (Å²) in [4.78, 5) is 40.2. The van der Waals surface area contributed by atoms with Crippen molar-refractivity contribution in [3.05, 3.63) is 87.9 Å². The van der Waals surface area contributed by atoms with Crippen molar-refractivity contribution in [2.24, 2.45) is 0 Å². The molecule has 1 saturated heterocycles. The van der Waals surface area contributed by atoms with Crippen LogP contribution in [0.25, 0.3) is 5.76 Å². The molecule has 1 unspecified atom stereocenters. The average molecular weight is 563 g/mol. The summed E-state index contributed by atoms with van der Waals surface area (Å²) in [5.41, 5.74) is 2.39. The Balaban J connectivity index is 1.98. The van der Waals surface area contributed by atoms with Crippen LogP contribution in [0.5, 0.6) is 11.5 Å². The van der Waals surface area contributed by atoms with E-state index in [9.17, 15) is 19.5 Å². The Morgan fingerprint density at radius 1 is 0.975 bits per heavy atom.